The Morgan fingerprint density at radius 3 is 2.62 bits per heavy atom. The summed E-state index contributed by atoms with van der Waals surface area (Å²) in [6.45, 7) is 4.39. The molecule has 1 amide bonds. The molecule has 1 fully saturated rings. The first-order valence-electron chi connectivity index (χ1n) is 8.82. The van der Waals surface area contributed by atoms with Gasteiger partial charge < -0.3 is 14.6 Å². The number of para-hydroxylation sites is 2. The number of aromatic nitrogens is 2. The summed E-state index contributed by atoms with van der Waals surface area (Å²) < 4.78 is 5.38. The second kappa shape index (κ2) is 7.14. The average Bonchev–Trinajstić information content (AvgIpc) is 3.11. The molecule has 0 spiro atoms. The van der Waals surface area contributed by atoms with Gasteiger partial charge in [-0.15, -0.1) is 0 Å². The van der Waals surface area contributed by atoms with Gasteiger partial charge in [-0.05, 0) is 36.3 Å². The van der Waals surface area contributed by atoms with Crippen molar-refractivity contribution < 1.29 is 9.53 Å². The van der Waals surface area contributed by atoms with Gasteiger partial charge in [-0.2, -0.15) is 0 Å². The Labute approximate surface area is 152 Å². The van der Waals surface area contributed by atoms with Crippen LogP contribution in [0.15, 0.2) is 48.5 Å². The Balaban J connectivity index is 1.80. The summed E-state index contributed by atoms with van der Waals surface area (Å²) in [6, 6.07) is 15.9. The van der Waals surface area contributed by atoms with Gasteiger partial charge in [-0.25, -0.2) is 4.98 Å². The lowest BCUT2D eigenvalue weighted by atomic mass is 10.0. The van der Waals surface area contributed by atoms with E-state index in [2.05, 4.69) is 9.97 Å². The lowest BCUT2D eigenvalue weighted by Crippen LogP contribution is -2.41. The first-order chi connectivity index (χ1) is 12.7. The number of rotatable bonds is 3. The van der Waals surface area contributed by atoms with E-state index in [1.807, 2.05) is 66.4 Å². The van der Waals surface area contributed by atoms with E-state index < -0.39 is 0 Å². The number of benzene rings is 2. The molecule has 1 N–H and O–H groups in total. The third-order valence-electron chi connectivity index (χ3n) is 4.66. The fourth-order valence-corrected chi connectivity index (χ4v) is 3.15. The number of amides is 1. The van der Waals surface area contributed by atoms with Crippen molar-refractivity contribution in [2.45, 2.75) is 6.92 Å². The summed E-state index contributed by atoms with van der Waals surface area (Å²) in [7, 11) is 0. The van der Waals surface area contributed by atoms with Crippen molar-refractivity contribution in [2.75, 3.05) is 26.3 Å². The van der Waals surface area contributed by atoms with Gasteiger partial charge in [0, 0.05) is 13.1 Å². The molecule has 0 atom stereocenters. The van der Waals surface area contributed by atoms with E-state index in [1.165, 1.54) is 0 Å². The third kappa shape index (κ3) is 3.26. The van der Waals surface area contributed by atoms with Crippen LogP contribution in [-0.4, -0.2) is 47.1 Å². The summed E-state index contributed by atoms with van der Waals surface area (Å²) in [5.74, 6) is 0.585. The van der Waals surface area contributed by atoms with Crippen LogP contribution in [0.25, 0.3) is 22.7 Å². The molecule has 1 saturated heterocycles. The Hall–Kier alpha value is -2.92. The first kappa shape index (κ1) is 16.5. The highest BCUT2D eigenvalue weighted by Crippen LogP contribution is 2.23. The zero-order valence-corrected chi connectivity index (χ0v) is 14.7. The van der Waals surface area contributed by atoms with E-state index in [-0.39, 0.29) is 5.91 Å². The lowest BCUT2D eigenvalue weighted by Gasteiger charge is -2.27. The quantitative estimate of drug-likeness (QED) is 0.740. The molecular formula is C21H21N3O2. The molecule has 0 unspecified atom stereocenters. The van der Waals surface area contributed by atoms with Crippen LogP contribution < -0.4 is 0 Å². The molecule has 132 valence electrons. The standard InChI is InChI=1S/C21H21N3O2/c1-15-6-2-3-7-16(15)14-17(21(25)24-10-12-26-13-11-24)20-22-18-8-4-5-9-19(18)23-20/h2-9,14H,10-13H2,1H3,(H,22,23). The number of aryl methyl sites for hydroxylation is 1. The van der Waals surface area contributed by atoms with Crippen molar-refractivity contribution in [3.8, 4) is 0 Å². The third-order valence-corrected chi connectivity index (χ3v) is 4.66. The Bertz CT molecular complexity index is 935. The summed E-state index contributed by atoms with van der Waals surface area (Å²) in [6.07, 6.45) is 1.94. The lowest BCUT2D eigenvalue weighted by molar-refractivity contribution is -0.128. The highest BCUT2D eigenvalue weighted by molar-refractivity contribution is 6.23. The number of nitrogens with one attached hydrogen (secondary N) is 1. The molecule has 0 bridgehead atoms. The molecule has 5 heteroatoms. The fourth-order valence-electron chi connectivity index (χ4n) is 3.15. The molecule has 0 radical (unpaired) electrons. The minimum absolute atomic E-state index is 0.0180. The maximum atomic E-state index is 13.2. The van der Waals surface area contributed by atoms with Crippen LogP contribution in [0.3, 0.4) is 0 Å². The van der Waals surface area contributed by atoms with E-state index in [0.717, 1.165) is 22.2 Å². The number of fused-ring (bicyclic) bond motifs is 1. The first-order valence-corrected chi connectivity index (χ1v) is 8.82. The van der Waals surface area contributed by atoms with Gasteiger partial charge in [-0.1, -0.05) is 36.4 Å². The molecule has 0 aliphatic carbocycles. The number of hydrogen-bond acceptors (Lipinski definition) is 3. The molecule has 1 aliphatic heterocycles. The van der Waals surface area contributed by atoms with Crippen molar-refractivity contribution in [3.63, 3.8) is 0 Å². The van der Waals surface area contributed by atoms with Gasteiger partial charge in [0.15, 0.2) is 0 Å². The highest BCUT2D eigenvalue weighted by atomic mass is 16.5. The zero-order chi connectivity index (χ0) is 17.9. The fraction of sp³-hybridized carbons (Fsp3) is 0.238. The number of carbonyl (C=O) groups excluding carboxylic acids is 1. The summed E-state index contributed by atoms with van der Waals surface area (Å²) in [5.41, 5.74) is 4.50. The van der Waals surface area contributed by atoms with E-state index in [4.69, 9.17) is 4.74 Å². The summed E-state index contributed by atoms with van der Waals surface area (Å²) in [5, 5.41) is 0. The second-order valence-electron chi connectivity index (χ2n) is 6.42. The number of imidazole rings is 1. The van der Waals surface area contributed by atoms with Gasteiger partial charge in [0.05, 0.1) is 29.8 Å². The van der Waals surface area contributed by atoms with E-state index in [0.29, 0.717) is 37.7 Å². The minimum Gasteiger partial charge on any atom is -0.378 e. The smallest absolute Gasteiger partial charge is 0.257 e. The summed E-state index contributed by atoms with van der Waals surface area (Å²) in [4.78, 5) is 23.0. The Morgan fingerprint density at radius 2 is 1.85 bits per heavy atom. The van der Waals surface area contributed by atoms with Crippen LogP contribution in [-0.2, 0) is 9.53 Å². The monoisotopic (exact) mass is 347 g/mol. The maximum Gasteiger partial charge on any atom is 0.257 e. The Morgan fingerprint density at radius 1 is 1.12 bits per heavy atom. The van der Waals surface area contributed by atoms with Gasteiger partial charge >= 0.3 is 0 Å². The van der Waals surface area contributed by atoms with E-state index in [9.17, 15) is 4.79 Å². The van der Waals surface area contributed by atoms with Gasteiger partial charge in [0.1, 0.15) is 5.82 Å². The Kier molecular flexibility index (Phi) is 4.54. The molecule has 5 nitrogen and oxygen atoms in total. The van der Waals surface area contributed by atoms with Gasteiger partial charge in [0.25, 0.3) is 5.91 Å². The van der Waals surface area contributed by atoms with Crippen molar-refractivity contribution in [3.05, 3.63) is 65.5 Å². The minimum atomic E-state index is -0.0180. The van der Waals surface area contributed by atoms with Crippen molar-refractivity contribution >= 4 is 28.6 Å². The normalized spacial score (nSPS) is 15.4. The van der Waals surface area contributed by atoms with Crippen LogP contribution in [0, 0.1) is 6.92 Å². The number of ether oxygens (including phenoxy) is 1. The molecular weight excluding hydrogens is 326 g/mol. The zero-order valence-electron chi connectivity index (χ0n) is 14.7. The number of nitrogens with zero attached hydrogens (tertiary/aromatic N) is 2. The van der Waals surface area contributed by atoms with Crippen molar-refractivity contribution in [1.29, 1.82) is 0 Å². The van der Waals surface area contributed by atoms with Gasteiger partial charge in [0.2, 0.25) is 0 Å². The van der Waals surface area contributed by atoms with Crippen LogP contribution >= 0.6 is 0 Å². The molecule has 2 heterocycles. The predicted octanol–water partition coefficient (Wildman–Crippen LogP) is 3.27. The number of morpholine rings is 1. The number of hydrogen-bond donors (Lipinski definition) is 1. The van der Waals surface area contributed by atoms with Crippen LogP contribution in [0.4, 0.5) is 0 Å². The summed E-state index contributed by atoms with van der Waals surface area (Å²) >= 11 is 0. The molecule has 0 saturated carbocycles. The van der Waals surface area contributed by atoms with Crippen LogP contribution in [0.5, 0.6) is 0 Å². The average molecular weight is 347 g/mol. The maximum absolute atomic E-state index is 13.2. The van der Waals surface area contributed by atoms with Gasteiger partial charge in [-0.3, -0.25) is 4.79 Å². The largest absolute Gasteiger partial charge is 0.378 e. The number of carbonyl (C=O) groups is 1. The molecule has 2 aromatic carbocycles. The van der Waals surface area contributed by atoms with Crippen molar-refractivity contribution in [1.82, 2.24) is 14.9 Å². The number of aromatic amines is 1. The molecule has 1 aromatic heterocycles. The molecule has 1 aliphatic rings. The molecule has 26 heavy (non-hydrogen) atoms. The topological polar surface area (TPSA) is 58.2 Å². The highest BCUT2D eigenvalue weighted by Gasteiger charge is 2.24. The van der Waals surface area contributed by atoms with Crippen LogP contribution in [0.1, 0.15) is 17.0 Å². The van der Waals surface area contributed by atoms with Crippen LogP contribution in [0.2, 0.25) is 0 Å². The van der Waals surface area contributed by atoms with Crippen molar-refractivity contribution in [2.24, 2.45) is 0 Å². The van der Waals surface area contributed by atoms with E-state index >= 15 is 0 Å². The van der Waals surface area contributed by atoms with E-state index in [1.54, 1.807) is 0 Å². The second-order valence-corrected chi connectivity index (χ2v) is 6.42. The predicted molar refractivity (Wildman–Crippen MR) is 103 cm³/mol. The molecule has 4 rings (SSSR count). The molecule has 3 aromatic rings. The SMILES string of the molecule is Cc1ccccc1C=C(C(=O)N1CCOCC1)c1nc2ccccc2[nH]1. The number of H-pyrrole nitrogens is 1.